The molecular weight excluding hydrogens is 362 g/mol. The van der Waals surface area contributed by atoms with Gasteiger partial charge in [-0.25, -0.2) is 13.2 Å². The SMILES string of the molecule is Cc1noc(C)c1S(=O)(=O)NC(C)C(=O)NC(CCC(C)(C)C)C(=O)O. The van der Waals surface area contributed by atoms with Crippen molar-refractivity contribution in [2.45, 2.75) is 71.4 Å². The second-order valence-corrected chi connectivity index (χ2v) is 9.15. The van der Waals surface area contributed by atoms with Crippen molar-refractivity contribution >= 4 is 21.9 Å². The molecule has 0 aliphatic rings. The minimum Gasteiger partial charge on any atom is -0.480 e. The van der Waals surface area contributed by atoms with Crippen LogP contribution in [0.25, 0.3) is 0 Å². The van der Waals surface area contributed by atoms with Crippen LogP contribution >= 0.6 is 0 Å². The number of carbonyl (C=O) groups excluding carboxylic acids is 1. The lowest BCUT2D eigenvalue weighted by atomic mass is 9.88. The molecule has 2 atom stereocenters. The molecule has 0 saturated carbocycles. The summed E-state index contributed by atoms with van der Waals surface area (Å²) in [6.07, 6.45) is 0.831. The van der Waals surface area contributed by atoms with Crippen molar-refractivity contribution < 1.29 is 27.6 Å². The summed E-state index contributed by atoms with van der Waals surface area (Å²) in [5.74, 6) is -1.78. The van der Waals surface area contributed by atoms with Crippen LogP contribution < -0.4 is 10.0 Å². The van der Waals surface area contributed by atoms with E-state index < -0.39 is 34.0 Å². The van der Waals surface area contributed by atoms with E-state index in [2.05, 4.69) is 15.2 Å². The Kier molecular flexibility index (Phi) is 6.95. The summed E-state index contributed by atoms with van der Waals surface area (Å²) in [6.45, 7) is 10.2. The van der Waals surface area contributed by atoms with Gasteiger partial charge in [0, 0.05) is 0 Å². The van der Waals surface area contributed by atoms with Crippen LogP contribution in [0.2, 0.25) is 0 Å². The number of amides is 1. The van der Waals surface area contributed by atoms with E-state index >= 15 is 0 Å². The van der Waals surface area contributed by atoms with E-state index in [1.165, 1.54) is 20.8 Å². The summed E-state index contributed by atoms with van der Waals surface area (Å²) in [6, 6.07) is -2.25. The largest absolute Gasteiger partial charge is 0.480 e. The fraction of sp³-hybridized carbons (Fsp3) is 0.688. The number of carbonyl (C=O) groups is 2. The van der Waals surface area contributed by atoms with Crippen LogP contribution in [-0.2, 0) is 19.6 Å². The van der Waals surface area contributed by atoms with Crippen LogP contribution in [0, 0.1) is 19.3 Å². The Morgan fingerprint density at radius 1 is 1.27 bits per heavy atom. The van der Waals surface area contributed by atoms with Gasteiger partial charge >= 0.3 is 5.97 Å². The predicted octanol–water partition coefficient (Wildman–Crippen LogP) is 1.35. The van der Waals surface area contributed by atoms with E-state index in [4.69, 9.17) is 4.52 Å². The van der Waals surface area contributed by atoms with Crippen LogP contribution in [0.1, 0.15) is 52.0 Å². The lowest BCUT2D eigenvalue weighted by Crippen LogP contribution is -2.50. The average Bonchev–Trinajstić information content (AvgIpc) is 2.81. The van der Waals surface area contributed by atoms with Crippen LogP contribution in [0.3, 0.4) is 0 Å². The second-order valence-electron chi connectivity index (χ2n) is 7.50. The Hall–Kier alpha value is -1.94. The third kappa shape index (κ3) is 6.10. The topological polar surface area (TPSA) is 139 Å². The van der Waals surface area contributed by atoms with E-state index in [0.29, 0.717) is 6.42 Å². The maximum atomic E-state index is 12.4. The lowest BCUT2D eigenvalue weighted by molar-refractivity contribution is -0.142. The number of carboxylic acids is 1. The molecule has 10 heteroatoms. The predicted molar refractivity (Wildman–Crippen MR) is 94.0 cm³/mol. The van der Waals surface area contributed by atoms with E-state index in [0.717, 1.165) is 0 Å². The number of nitrogens with zero attached hydrogens (tertiary/aromatic N) is 1. The standard InChI is InChI=1S/C16H27N3O6S/c1-9-13(11(3)25-18-9)26(23,24)19-10(2)14(20)17-12(15(21)22)7-8-16(4,5)6/h10,12,19H,7-8H2,1-6H3,(H,17,20)(H,21,22). The Bertz CT molecular complexity index is 744. The zero-order valence-corrected chi connectivity index (χ0v) is 16.7. The van der Waals surface area contributed by atoms with Gasteiger partial charge in [0.25, 0.3) is 0 Å². The summed E-state index contributed by atoms with van der Waals surface area (Å²) in [5, 5.41) is 15.2. The highest BCUT2D eigenvalue weighted by Crippen LogP contribution is 2.22. The molecule has 1 amide bonds. The number of nitrogens with one attached hydrogen (secondary N) is 2. The van der Waals surface area contributed by atoms with Gasteiger partial charge in [0.05, 0.1) is 6.04 Å². The molecule has 0 aliphatic heterocycles. The smallest absolute Gasteiger partial charge is 0.326 e. The first kappa shape index (κ1) is 22.1. The molecule has 1 aromatic heterocycles. The number of carboxylic acid groups (broad SMARTS) is 1. The van der Waals surface area contributed by atoms with Gasteiger partial charge in [-0.1, -0.05) is 25.9 Å². The fourth-order valence-corrected chi connectivity index (χ4v) is 3.87. The molecule has 2 unspecified atom stereocenters. The molecule has 1 rings (SSSR count). The van der Waals surface area contributed by atoms with Gasteiger partial charge < -0.3 is 14.9 Å². The van der Waals surface area contributed by atoms with Crippen LogP contribution in [0.5, 0.6) is 0 Å². The monoisotopic (exact) mass is 389 g/mol. The number of aromatic nitrogens is 1. The van der Waals surface area contributed by atoms with Crippen molar-refractivity contribution in [3.05, 3.63) is 11.5 Å². The zero-order valence-electron chi connectivity index (χ0n) is 15.9. The van der Waals surface area contributed by atoms with Gasteiger partial charge in [0.1, 0.15) is 16.6 Å². The second kappa shape index (κ2) is 8.17. The number of rotatable bonds is 8. The van der Waals surface area contributed by atoms with E-state index in [1.807, 2.05) is 20.8 Å². The molecule has 1 aromatic rings. The number of aryl methyl sites for hydroxylation is 2. The number of aliphatic carboxylic acids is 1. The van der Waals surface area contributed by atoms with E-state index in [9.17, 15) is 23.1 Å². The molecule has 26 heavy (non-hydrogen) atoms. The van der Waals surface area contributed by atoms with Crippen LogP contribution in [0.4, 0.5) is 0 Å². The molecule has 1 heterocycles. The normalized spacial score (nSPS) is 14.7. The van der Waals surface area contributed by atoms with Crippen molar-refractivity contribution in [2.75, 3.05) is 0 Å². The molecule has 0 radical (unpaired) electrons. The van der Waals surface area contributed by atoms with Crippen LogP contribution in [-0.4, -0.2) is 42.6 Å². The third-order valence-electron chi connectivity index (χ3n) is 3.76. The van der Waals surface area contributed by atoms with Gasteiger partial charge in [0.2, 0.25) is 15.9 Å². The van der Waals surface area contributed by atoms with Crippen molar-refractivity contribution in [1.82, 2.24) is 15.2 Å². The molecule has 0 aliphatic carbocycles. The van der Waals surface area contributed by atoms with Crippen LogP contribution in [0.15, 0.2) is 9.42 Å². The highest BCUT2D eigenvalue weighted by atomic mass is 32.2. The Morgan fingerprint density at radius 3 is 2.27 bits per heavy atom. The number of sulfonamides is 1. The van der Waals surface area contributed by atoms with Crippen molar-refractivity contribution in [2.24, 2.45) is 5.41 Å². The minimum absolute atomic E-state index is 0.0883. The third-order valence-corrected chi connectivity index (χ3v) is 5.54. The summed E-state index contributed by atoms with van der Waals surface area (Å²) in [5.41, 5.74) is 0.0887. The molecule has 148 valence electrons. The minimum atomic E-state index is -4.03. The van der Waals surface area contributed by atoms with Crippen molar-refractivity contribution in [1.29, 1.82) is 0 Å². The molecule has 0 fully saturated rings. The Balaban J connectivity index is 2.81. The van der Waals surface area contributed by atoms with E-state index in [-0.39, 0.29) is 28.2 Å². The highest BCUT2D eigenvalue weighted by Gasteiger charge is 2.30. The first-order chi connectivity index (χ1) is 11.7. The lowest BCUT2D eigenvalue weighted by Gasteiger charge is -2.23. The maximum absolute atomic E-state index is 12.4. The highest BCUT2D eigenvalue weighted by molar-refractivity contribution is 7.89. The van der Waals surface area contributed by atoms with Gasteiger partial charge in [0.15, 0.2) is 5.76 Å². The Morgan fingerprint density at radius 2 is 1.85 bits per heavy atom. The average molecular weight is 389 g/mol. The molecule has 0 bridgehead atoms. The molecule has 9 nitrogen and oxygen atoms in total. The summed E-state index contributed by atoms with van der Waals surface area (Å²) in [4.78, 5) is 23.5. The first-order valence-electron chi connectivity index (χ1n) is 8.23. The van der Waals surface area contributed by atoms with Crippen molar-refractivity contribution in [3.63, 3.8) is 0 Å². The van der Waals surface area contributed by atoms with Gasteiger partial charge in [-0.15, -0.1) is 0 Å². The fourth-order valence-electron chi connectivity index (χ4n) is 2.33. The summed E-state index contributed by atoms with van der Waals surface area (Å²) >= 11 is 0. The van der Waals surface area contributed by atoms with Gasteiger partial charge in [-0.05, 0) is 39.0 Å². The van der Waals surface area contributed by atoms with Gasteiger partial charge in [-0.3, -0.25) is 4.79 Å². The molecule has 3 N–H and O–H groups in total. The molecular formula is C16H27N3O6S. The maximum Gasteiger partial charge on any atom is 0.326 e. The number of hydrogen-bond donors (Lipinski definition) is 3. The molecule has 0 spiro atoms. The summed E-state index contributed by atoms with van der Waals surface area (Å²) in [7, 11) is -4.03. The Labute approximate surface area is 153 Å². The molecule has 0 aromatic carbocycles. The molecule has 0 saturated heterocycles. The quantitative estimate of drug-likeness (QED) is 0.610. The summed E-state index contributed by atoms with van der Waals surface area (Å²) < 4.78 is 31.9. The number of hydrogen-bond acceptors (Lipinski definition) is 6. The van der Waals surface area contributed by atoms with Gasteiger partial charge in [-0.2, -0.15) is 4.72 Å². The zero-order chi connectivity index (χ0) is 20.3. The van der Waals surface area contributed by atoms with Crippen molar-refractivity contribution in [3.8, 4) is 0 Å². The first-order valence-corrected chi connectivity index (χ1v) is 9.71. The van der Waals surface area contributed by atoms with E-state index in [1.54, 1.807) is 0 Å².